The summed E-state index contributed by atoms with van der Waals surface area (Å²) in [6.45, 7) is 9.80. The molecule has 0 aliphatic carbocycles. The molecule has 1 aromatic heterocycles. The van der Waals surface area contributed by atoms with Crippen LogP contribution in [0.25, 0.3) is 11.1 Å². The van der Waals surface area contributed by atoms with Crippen molar-refractivity contribution in [3.05, 3.63) is 59.4 Å². The number of carbonyl (C=O) groups is 1. The zero-order chi connectivity index (χ0) is 26.0. The summed E-state index contributed by atoms with van der Waals surface area (Å²) in [6, 6.07) is 10.2. The van der Waals surface area contributed by atoms with Crippen molar-refractivity contribution in [3.8, 4) is 22.6 Å². The van der Waals surface area contributed by atoms with Crippen LogP contribution in [0, 0.1) is 6.92 Å². The molecule has 0 saturated carbocycles. The van der Waals surface area contributed by atoms with Crippen LogP contribution >= 0.6 is 0 Å². The fraction of sp³-hybridized carbons (Fsp3) is 0.429. The van der Waals surface area contributed by atoms with Crippen LogP contribution in [-0.2, 0) is 7.05 Å². The van der Waals surface area contributed by atoms with E-state index in [0.29, 0.717) is 23.1 Å². The number of ether oxygens (including phenoxy) is 2. The lowest BCUT2D eigenvalue weighted by Crippen LogP contribution is -2.57. The number of anilines is 1. The van der Waals surface area contributed by atoms with E-state index in [1.54, 1.807) is 11.8 Å². The normalized spacial score (nSPS) is 14.5. The molecule has 1 saturated heterocycles. The van der Waals surface area contributed by atoms with E-state index >= 15 is 0 Å². The highest BCUT2D eigenvalue weighted by molar-refractivity contribution is 5.97. The van der Waals surface area contributed by atoms with Gasteiger partial charge in [-0.15, -0.1) is 0 Å². The summed E-state index contributed by atoms with van der Waals surface area (Å²) in [5.74, 6) is 1.18. The number of aryl methyl sites for hydroxylation is 2. The Hall–Kier alpha value is -3.52. The Kier molecular flexibility index (Phi) is 7.54. The van der Waals surface area contributed by atoms with Gasteiger partial charge in [-0.2, -0.15) is 5.10 Å². The molecule has 8 nitrogen and oxygen atoms in total. The summed E-state index contributed by atoms with van der Waals surface area (Å²) in [7, 11) is 5.50. The topological polar surface area (TPSA) is 80.7 Å². The second kappa shape index (κ2) is 10.6. The quantitative estimate of drug-likeness (QED) is 0.469. The van der Waals surface area contributed by atoms with Crippen LogP contribution in [0.15, 0.2) is 42.7 Å². The predicted octanol–water partition coefficient (Wildman–Crippen LogP) is 4.09. The molecule has 0 radical (unpaired) electrons. The minimum Gasteiger partial charge on any atom is -0.493 e. The van der Waals surface area contributed by atoms with Crippen LogP contribution in [-0.4, -0.2) is 55.1 Å². The van der Waals surface area contributed by atoms with E-state index < -0.39 is 0 Å². The summed E-state index contributed by atoms with van der Waals surface area (Å²) < 4.78 is 13.4. The second-order valence-corrected chi connectivity index (χ2v) is 9.74. The summed E-state index contributed by atoms with van der Waals surface area (Å²) in [5, 5.41) is 10.8. The Bertz CT molecular complexity index is 1230. The van der Waals surface area contributed by atoms with Gasteiger partial charge in [0.15, 0.2) is 11.5 Å². The molecule has 2 aromatic carbocycles. The Morgan fingerprint density at radius 2 is 1.89 bits per heavy atom. The van der Waals surface area contributed by atoms with E-state index in [1.807, 2.05) is 78.4 Å². The molecule has 2 N–H and O–H groups in total. The van der Waals surface area contributed by atoms with Gasteiger partial charge in [0.05, 0.1) is 25.5 Å². The van der Waals surface area contributed by atoms with Crippen molar-refractivity contribution in [2.45, 2.75) is 45.9 Å². The van der Waals surface area contributed by atoms with Crippen molar-refractivity contribution in [3.63, 3.8) is 0 Å². The van der Waals surface area contributed by atoms with Gasteiger partial charge in [-0.25, -0.2) is 0 Å². The molecule has 1 atom stereocenters. The minimum atomic E-state index is -0.283. The van der Waals surface area contributed by atoms with Crippen LogP contribution in [0.4, 0.5) is 5.69 Å². The van der Waals surface area contributed by atoms with Crippen molar-refractivity contribution < 1.29 is 14.3 Å². The molecule has 0 bridgehead atoms. The zero-order valence-corrected chi connectivity index (χ0v) is 22.3. The number of benzene rings is 2. The maximum atomic E-state index is 13.5. The lowest BCUT2D eigenvalue weighted by Gasteiger charge is -2.41. The molecule has 8 heteroatoms. The first-order chi connectivity index (χ1) is 17.2. The summed E-state index contributed by atoms with van der Waals surface area (Å²) >= 11 is 0. The summed E-state index contributed by atoms with van der Waals surface area (Å²) in [4.78, 5) is 15.8. The molecule has 1 aliphatic heterocycles. The van der Waals surface area contributed by atoms with Crippen molar-refractivity contribution in [2.24, 2.45) is 7.05 Å². The fourth-order valence-corrected chi connectivity index (χ4v) is 4.53. The highest BCUT2D eigenvalue weighted by Gasteiger charge is 2.27. The van der Waals surface area contributed by atoms with Crippen LogP contribution in [0.2, 0.25) is 0 Å². The Balaban J connectivity index is 1.65. The molecule has 1 aliphatic rings. The van der Waals surface area contributed by atoms with Crippen molar-refractivity contribution in [1.29, 1.82) is 0 Å². The van der Waals surface area contributed by atoms with E-state index in [4.69, 9.17) is 9.47 Å². The lowest BCUT2D eigenvalue weighted by molar-refractivity contribution is 0.0939. The van der Waals surface area contributed by atoms with Gasteiger partial charge in [0.1, 0.15) is 0 Å². The Labute approximate surface area is 213 Å². The molecule has 36 heavy (non-hydrogen) atoms. The molecule has 2 heterocycles. The third-order valence-electron chi connectivity index (χ3n) is 6.65. The highest BCUT2D eigenvalue weighted by Crippen LogP contribution is 2.39. The maximum absolute atomic E-state index is 13.5. The lowest BCUT2D eigenvalue weighted by atomic mass is 9.95. The Morgan fingerprint density at radius 1 is 1.14 bits per heavy atom. The first kappa shape index (κ1) is 25.6. The van der Waals surface area contributed by atoms with Gasteiger partial charge in [-0.05, 0) is 75.7 Å². The van der Waals surface area contributed by atoms with Crippen LogP contribution in [0.1, 0.15) is 48.3 Å². The maximum Gasteiger partial charge on any atom is 0.252 e. The monoisotopic (exact) mass is 491 g/mol. The van der Waals surface area contributed by atoms with Gasteiger partial charge >= 0.3 is 0 Å². The average Bonchev–Trinajstić information content (AvgIpc) is 3.24. The number of carbonyl (C=O) groups excluding carboxylic acids is 1. The minimum absolute atomic E-state index is 0.0182. The molecule has 1 amide bonds. The van der Waals surface area contributed by atoms with Gasteiger partial charge in [0.2, 0.25) is 0 Å². The molecule has 0 unspecified atom stereocenters. The summed E-state index contributed by atoms with van der Waals surface area (Å²) in [5.41, 5.74) is 5.51. The first-order valence-electron chi connectivity index (χ1n) is 12.4. The zero-order valence-electron chi connectivity index (χ0n) is 22.3. The van der Waals surface area contributed by atoms with E-state index in [2.05, 4.69) is 26.7 Å². The predicted molar refractivity (Wildman–Crippen MR) is 143 cm³/mol. The van der Waals surface area contributed by atoms with Crippen molar-refractivity contribution >= 4 is 11.6 Å². The third kappa shape index (κ3) is 5.33. The number of nitrogens with zero attached hydrogens (tertiary/aromatic N) is 3. The standard InChI is InChI=1S/C28H37N5O3/c1-17(2)36-27-11-24(25(12-26(27)35-7)20-13-30-32(6)14-20)19(4)31-28(34)23-10-22(9-8-18(23)3)33-15-21(16-33)29-5/h8-14,17,19,21,29H,15-16H2,1-7H3,(H,31,34)/t19-/m1/s1. The number of methoxy groups -OCH3 is 1. The number of hydrogen-bond acceptors (Lipinski definition) is 6. The third-order valence-corrected chi connectivity index (χ3v) is 6.65. The SMILES string of the molecule is CNC1CN(c2ccc(C)c(C(=O)N[C@H](C)c3cc(OC(C)C)c(OC)cc3-c3cnn(C)c3)c2)C1. The molecule has 3 aromatic rings. The number of rotatable bonds is 9. The van der Waals surface area contributed by atoms with Crippen molar-refractivity contribution in [2.75, 3.05) is 32.1 Å². The largest absolute Gasteiger partial charge is 0.493 e. The molecular weight excluding hydrogens is 454 g/mol. The smallest absolute Gasteiger partial charge is 0.252 e. The van der Waals surface area contributed by atoms with E-state index in [0.717, 1.165) is 41.0 Å². The molecule has 192 valence electrons. The van der Waals surface area contributed by atoms with Crippen LogP contribution < -0.4 is 25.0 Å². The van der Waals surface area contributed by atoms with Gasteiger partial charge < -0.3 is 25.0 Å². The highest BCUT2D eigenvalue weighted by atomic mass is 16.5. The number of likely N-dealkylation sites (N-methyl/N-ethyl adjacent to an activating group) is 1. The van der Waals surface area contributed by atoms with E-state index in [1.165, 1.54) is 0 Å². The van der Waals surface area contributed by atoms with Crippen LogP contribution in [0.5, 0.6) is 11.5 Å². The molecule has 1 fully saturated rings. The van der Waals surface area contributed by atoms with Crippen molar-refractivity contribution in [1.82, 2.24) is 20.4 Å². The van der Waals surface area contributed by atoms with E-state index in [-0.39, 0.29) is 18.1 Å². The molecule has 4 rings (SSSR count). The number of amides is 1. The average molecular weight is 492 g/mol. The first-order valence-corrected chi connectivity index (χ1v) is 12.4. The number of hydrogen-bond donors (Lipinski definition) is 2. The molecule has 0 spiro atoms. The Morgan fingerprint density at radius 3 is 2.50 bits per heavy atom. The van der Waals surface area contributed by atoms with Gasteiger partial charge in [0.25, 0.3) is 5.91 Å². The van der Waals surface area contributed by atoms with Gasteiger partial charge in [0, 0.05) is 49.2 Å². The second-order valence-electron chi connectivity index (χ2n) is 9.74. The van der Waals surface area contributed by atoms with Gasteiger partial charge in [-0.3, -0.25) is 9.48 Å². The number of aromatic nitrogens is 2. The van der Waals surface area contributed by atoms with Gasteiger partial charge in [-0.1, -0.05) is 6.07 Å². The fourth-order valence-electron chi connectivity index (χ4n) is 4.53. The summed E-state index contributed by atoms with van der Waals surface area (Å²) in [6.07, 6.45) is 3.75. The van der Waals surface area contributed by atoms with E-state index in [9.17, 15) is 4.79 Å². The van der Waals surface area contributed by atoms with Crippen LogP contribution in [0.3, 0.4) is 0 Å². The number of nitrogens with one attached hydrogen (secondary N) is 2. The molecular formula is C28H37N5O3.